The third-order valence-electron chi connectivity index (χ3n) is 2.71. The van der Waals surface area contributed by atoms with Crippen LogP contribution in [0, 0.1) is 12.8 Å². The first kappa shape index (κ1) is 11.6. The fourth-order valence-electron chi connectivity index (χ4n) is 1.68. The van der Waals surface area contributed by atoms with E-state index in [1.807, 2.05) is 0 Å². The zero-order chi connectivity index (χ0) is 12.4. The second-order valence-electron chi connectivity index (χ2n) is 4.46. The van der Waals surface area contributed by atoms with Gasteiger partial charge < -0.3 is 10.0 Å². The number of carbonyl (C=O) groups excluding carboxylic acids is 1. The van der Waals surface area contributed by atoms with Crippen molar-refractivity contribution in [2.75, 3.05) is 13.1 Å². The highest BCUT2D eigenvalue weighted by molar-refractivity contribution is 5.94. The molecule has 0 spiro atoms. The second-order valence-corrected chi connectivity index (χ2v) is 4.46. The molecule has 6 heteroatoms. The summed E-state index contributed by atoms with van der Waals surface area (Å²) >= 11 is 0. The Hall–Kier alpha value is -1.85. The Morgan fingerprint density at radius 3 is 2.76 bits per heavy atom. The van der Waals surface area contributed by atoms with Crippen molar-refractivity contribution in [3.63, 3.8) is 0 Å². The average Bonchev–Trinajstić information content (AvgIpc) is 2.96. The molecule has 1 fully saturated rings. The number of hydrogen-bond acceptors (Lipinski definition) is 3. The van der Waals surface area contributed by atoms with Gasteiger partial charge in [0, 0.05) is 12.2 Å². The minimum Gasteiger partial charge on any atom is -0.480 e. The lowest BCUT2D eigenvalue weighted by Crippen LogP contribution is -2.37. The van der Waals surface area contributed by atoms with Gasteiger partial charge in [0.25, 0.3) is 5.91 Å². The van der Waals surface area contributed by atoms with Crippen LogP contribution in [0.2, 0.25) is 0 Å². The molecule has 2 rings (SSSR count). The van der Waals surface area contributed by atoms with Crippen molar-refractivity contribution in [1.29, 1.82) is 0 Å². The van der Waals surface area contributed by atoms with E-state index in [2.05, 4.69) is 10.2 Å². The van der Waals surface area contributed by atoms with Crippen molar-refractivity contribution in [3.05, 3.63) is 17.5 Å². The van der Waals surface area contributed by atoms with Gasteiger partial charge in [-0.3, -0.25) is 14.7 Å². The van der Waals surface area contributed by atoms with E-state index in [4.69, 9.17) is 5.11 Å². The van der Waals surface area contributed by atoms with Crippen LogP contribution >= 0.6 is 0 Å². The number of nitrogens with zero attached hydrogens (tertiary/aromatic N) is 2. The molecule has 6 nitrogen and oxygen atoms in total. The van der Waals surface area contributed by atoms with Gasteiger partial charge in [-0.25, -0.2) is 0 Å². The molecule has 1 amide bonds. The van der Waals surface area contributed by atoms with Crippen LogP contribution < -0.4 is 0 Å². The summed E-state index contributed by atoms with van der Waals surface area (Å²) in [6.45, 7) is 2.05. The lowest BCUT2D eigenvalue weighted by molar-refractivity contribution is -0.137. The zero-order valence-corrected chi connectivity index (χ0v) is 9.64. The Balaban J connectivity index is 2.07. The van der Waals surface area contributed by atoms with Gasteiger partial charge in [0.2, 0.25) is 0 Å². The van der Waals surface area contributed by atoms with Crippen LogP contribution in [-0.4, -0.2) is 45.2 Å². The largest absolute Gasteiger partial charge is 0.480 e. The van der Waals surface area contributed by atoms with E-state index >= 15 is 0 Å². The molecule has 17 heavy (non-hydrogen) atoms. The van der Waals surface area contributed by atoms with E-state index in [0.717, 1.165) is 18.5 Å². The Labute approximate surface area is 98.6 Å². The summed E-state index contributed by atoms with van der Waals surface area (Å²) in [6, 6.07) is 1.63. The number of carboxylic acid groups (broad SMARTS) is 1. The molecular formula is C11H15N3O3. The van der Waals surface area contributed by atoms with Crippen molar-refractivity contribution in [2.45, 2.75) is 19.8 Å². The number of H-pyrrole nitrogens is 1. The predicted octanol–water partition coefficient (Wildman–Crippen LogP) is 0.655. The second kappa shape index (κ2) is 4.57. The molecule has 1 aromatic rings. The van der Waals surface area contributed by atoms with Crippen molar-refractivity contribution in [2.24, 2.45) is 5.92 Å². The molecule has 92 valence electrons. The van der Waals surface area contributed by atoms with E-state index < -0.39 is 5.97 Å². The summed E-state index contributed by atoms with van der Waals surface area (Å²) in [4.78, 5) is 24.1. The van der Waals surface area contributed by atoms with Crippen LogP contribution in [0.4, 0.5) is 0 Å². The maximum absolute atomic E-state index is 12.0. The maximum atomic E-state index is 12.0. The first-order valence-corrected chi connectivity index (χ1v) is 5.59. The number of aromatic amines is 1. The quantitative estimate of drug-likeness (QED) is 0.787. The Morgan fingerprint density at radius 1 is 1.59 bits per heavy atom. The van der Waals surface area contributed by atoms with Gasteiger partial charge >= 0.3 is 5.97 Å². The molecule has 2 N–H and O–H groups in total. The molecule has 1 saturated carbocycles. The highest BCUT2D eigenvalue weighted by Crippen LogP contribution is 2.30. The summed E-state index contributed by atoms with van der Waals surface area (Å²) in [5.74, 6) is -0.853. The molecule has 0 aromatic carbocycles. The predicted molar refractivity (Wildman–Crippen MR) is 59.6 cm³/mol. The monoisotopic (exact) mass is 237 g/mol. The van der Waals surface area contributed by atoms with Crippen molar-refractivity contribution in [1.82, 2.24) is 15.1 Å². The average molecular weight is 237 g/mol. The van der Waals surface area contributed by atoms with E-state index in [1.54, 1.807) is 13.0 Å². The van der Waals surface area contributed by atoms with Crippen LogP contribution in [0.5, 0.6) is 0 Å². The highest BCUT2D eigenvalue weighted by Gasteiger charge is 2.29. The van der Waals surface area contributed by atoms with Crippen LogP contribution in [0.3, 0.4) is 0 Å². The van der Waals surface area contributed by atoms with Crippen molar-refractivity contribution < 1.29 is 14.7 Å². The van der Waals surface area contributed by atoms with Gasteiger partial charge in [-0.15, -0.1) is 0 Å². The summed E-state index contributed by atoms with van der Waals surface area (Å²) < 4.78 is 0. The van der Waals surface area contributed by atoms with E-state index in [1.165, 1.54) is 4.90 Å². The topological polar surface area (TPSA) is 86.3 Å². The standard InChI is InChI=1S/C11H15N3O3/c1-7-4-9(13-12-7)11(17)14(6-10(15)16)5-8-2-3-8/h4,8H,2-3,5-6H2,1H3,(H,12,13)(H,15,16). The fraction of sp³-hybridized carbons (Fsp3) is 0.545. The molecule has 0 radical (unpaired) electrons. The molecule has 1 heterocycles. The number of aryl methyl sites for hydroxylation is 1. The summed E-state index contributed by atoms with van der Waals surface area (Å²) in [5, 5.41) is 15.3. The molecule has 1 aliphatic carbocycles. The molecule has 1 aromatic heterocycles. The van der Waals surface area contributed by atoms with Gasteiger partial charge in [-0.2, -0.15) is 5.10 Å². The fourth-order valence-corrected chi connectivity index (χ4v) is 1.68. The van der Waals surface area contributed by atoms with E-state index in [-0.39, 0.29) is 18.1 Å². The van der Waals surface area contributed by atoms with Crippen LogP contribution in [0.15, 0.2) is 6.07 Å². The Bertz CT molecular complexity index is 437. The lowest BCUT2D eigenvalue weighted by Gasteiger charge is -2.19. The van der Waals surface area contributed by atoms with E-state index in [9.17, 15) is 9.59 Å². The minimum atomic E-state index is -0.994. The lowest BCUT2D eigenvalue weighted by atomic mass is 10.3. The van der Waals surface area contributed by atoms with Gasteiger partial charge in [-0.1, -0.05) is 0 Å². The van der Waals surface area contributed by atoms with Gasteiger partial charge in [0.15, 0.2) is 0 Å². The number of aliphatic carboxylic acids is 1. The summed E-state index contributed by atoms with van der Waals surface area (Å²) in [5.41, 5.74) is 1.07. The third-order valence-corrected chi connectivity index (χ3v) is 2.71. The summed E-state index contributed by atoms with van der Waals surface area (Å²) in [6.07, 6.45) is 2.14. The Morgan fingerprint density at radius 2 is 2.29 bits per heavy atom. The molecule has 0 bridgehead atoms. The third kappa shape index (κ3) is 3.05. The summed E-state index contributed by atoms with van der Waals surface area (Å²) in [7, 11) is 0. The first-order chi connectivity index (χ1) is 8.06. The maximum Gasteiger partial charge on any atom is 0.323 e. The SMILES string of the molecule is Cc1cc(C(=O)N(CC(=O)O)CC2CC2)n[nH]1. The number of amides is 1. The van der Waals surface area contributed by atoms with Crippen LogP contribution in [-0.2, 0) is 4.79 Å². The number of carbonyl (C=O) groups is 2. The number of rotatable bonds is 5. The van der Waals surface area contributed by atoms with Gasteiger partial charge in [0.05, 0.1) is 0 Å². The number of nitrogens with one attached hydrogen (secondary N) is 1. The number of carboxylic acids is 1. The minimum absolute atomic E-state index is 0.263. The molecule has 1 aliphatic rings. The normalized spacial score (nSPS) is 14.6. The van der Waals surface area contributed by atoms with E-state index in [0.29, 0.717) is 12.5 Å². The zero-order valence-electron chi connectivity index (χ0n) is 9.64. The molecular weight excluding hydrogens is 222 g/mol. The van der Waals surface area contributed by atoms with Crippen LogP contribution in [0.25, 0.3) is 0 Å². The first-order valence-electron chi connectivity index (χ1n) is 5.59. The number of hydrogen-bond donors (Lipinski definition) is 2. The van der Waals surface area contributed by atoms with Crippen molar-refractivity contribution in [3.8, 4) is 0 Å². The molecule has 0 atom stereocenters. The number of aromatic nitrogens is 2. The van der Waals surface area contributed by atoms with Crippen molar-refractivity contribution >= 4 is 11.9 Å². The Kier molecular flexibility index (Phi) is 3.12. The molecule has 0 unspecified atom stereocenters. The molecule has 0 saturated heterocycles. The van der Waals surface area contributed by atoms with Gasteiger partial charge in [-0.05, 0) is 31.7 Å². The smallest absolute Gasteiger partial charge is 0.323 e. The highest BCUT2D eigenvalue weighted by atomic mass is 16.4. The van der Waals surface area contributed by atoms with Crippen LogP contribution in [0.1, 0.15) is 29.0 Å². The van der Waals surface area contributed by atoms with Gasteiger partial charge in [0.1, 0.15) is 12.2 Å². The molecule has 0 aliphatic heterocycles.